The minimum absolute atomic E-state index is 0.153. The summed E-state index contributed by atoms with van der Waals surface area (Å²) in [6, 6.07) is 2.55. The van der Waals surface area contributed by atoms with Gasteiger partial charge in [-0.1, -0.05) is 6.92 Å². The summed E-state index contributed by atoms with van der Waals surface area (Å²) in [5, 5.41) is 14.2. The highest BCUT2D eigenvalue weighted by Crippen LogP contribution is 2.31. The van der Waals surface area contributed by atoms with Crippen molar-refractivity contribution in [3.8, 4) is 0 Å². The Morgan fingerprint density at radius 1 is 1.60 bits per heavy atom. The quantitative estimate of drug-likeness (QED) is 0.671. The molecule has 0 bridgehead atoms. The molecule has 1 aliphatic rings. The van der Waals surface area contributed by atoms with Crippen molar-refractivity contribution < 1.29 is 9.31 Å². The molecule has 20 heavy (non-hydrogen) atoms. The Morgan fingerprint density at radius 3 is 3.00 bits per heavy atom. The number of piperidine rings is 1. The molecule has 0 aliphatic carbocycles. The van der Waals surface area contributed by atoms with Crippen molar-refractivity contribution in [3.63, 3.8) is 0 Å². The van der Waals surface area contributed by atoms with Crippen molar-refractivity contribution in [3.05, 3.63) is 32.5 Å². The second kappa shape index (κ2) is 6.49. The number of benzene rings is 1. The minimum Gasteiger partial charge on any atom is -0.375 e. The molecule has 0 radical (unpaired) electrons. The van der Waals surface area contributed by atoms with Crippen LogP contribution in [-0.4, -0.2) is 35.5 Å². The van der Waals surface area contributed by atoms with Crippen LogP contribution >= 0.6 is 15.9 Å². The molecule has 7 heteroatoms. The van der Waals surface area contributed by atoms with E-state index in [-0.39, 0.29) is 16.2 Å². The number of nitrogens with one attached hydrogen (secondary N) is 1. The van der Waals surface area contributed by atoms with E-state index in [1.807, 2.05) is 0 Å². The van der Waals surface area contributed by atoms with Gasteiger partial charge < -0.3 is 10.2 Å². The maximum Gasteiger partial charge on any atom is 0.295 e. The number of likely N-dealkylation sites (N-methyl/N-ethyl adjacent to an activating group) is 1. The molecule has 0 saturated carbocycles. The van der Waals surface area contributed by atoms with Gasteiger partial charge in [0, 0.05) is 12.6 Å². The number of nitro benzene ring substituents is 1. The molecule has 110 valence electrons. The van der Waals surface area contributed by atoms with Crippen LogP contribution in [0.3, 0.4) is 0 Å². The van der Waals surface area contributed by atoms with E-state index in [2.05, 4.69) is 33.1 Å². The Balaban J connectivity index is 2.19. The summed E-state index contributed by atoms with van der Waals surface area (Å²) in [6.07, 6.45) is 2.02. The van der Waals surface area contributed by atoms with Gasteiger partial charge in [0.05, 0.1) is 15.5 Å². The Bertz CT molecular complexity index is 513. The third kappa shape index (κ3) is 3.46. The fourth-order valence-electron chi connectivity index (χ4n) is 2.48. The lowest BCUT2D eigenvalue weighted by Crippen LogP contribution is -2.41. The monoisotopic (exact) mass is 345 g/mol. The fraction of sp³-hybridized carbons (Fsp3) is 0.538. The van der Waals surface area contributed by atoms with Gasteiger partial charge in [-0.15, -0.1) is 0 Å². The van der Waals surface area contributed by atoms with Gasteiger partial charge in [0.1, 0.15) is 11.5 Å². The van der Waals surface area contributed by atoms with E-state index in [1.54, 1.807) is 0 Å². The van der Waals surface area contributed by atoms with E-state index in [9.17, 15) is 14.5 Å². The molecule has 2 rings (SSSR count). The van der Waals surface area contributed by atoms with E-state index < -0.39 is 10.7 Å². The van der Waals surface area contributed by atoms with Crippen LogP contribution in [0.1, 0.15) is 19.8 Å². The summed E-state index contributed by atoms with van der Waals surface area (Å²) in [5.74, 6) is -0.624. The zero-order valence-electron chi connectivity index (χ0n) is 11.2. The summed E-state index contributed by atoms with van der Waals surface area (Å²) in [4.78, 5) is 12.8. The van der Waals surface area contributed by atoms with Crippen molar-refractivity contribution in [1.82, 2.24) is 4.90 Å². The van der Waals surface area contributed by atoms with Crippen molar-refractivity contribution in [2.24, 2.45) is 0 Å². The lowest BCUT2D eigenvalue weighted by Gasteiger charge is -2.32. The molecule has 1 unspecified atom stereocenters. The fourth-order valence-corrected chi connectivity index (χ4v) is 2.83. The standard InChI is InChI=1S/C13H17BrFN3O2/c1-2-17-5-3-4-9(8-17)16-12-6-10(14)11(15)7-13(12)18(19)20/h6-7,9,16H,2-5,8H2,1H3. The first-order valence-electron chi connectivity index (χ1n) is 6.63. The van der Waals surface area contributed by atoms with Crippen molar-refractivity contribution in [1.29, 1.82) is 0 Å². The maximum absolute atomic E-state index is 13.4. The number of likely N-dealkylation sites (tertiary alicyclic amines) is 1. The summed E-state index contributed by atoms with van der Waals surface area (Å²) >= 11 is 3.07. The average molecular weight is 346 g/mol. The number of halogens is 2. The number of nitrogens with zero attached hydrogens (tertiary/aromatic N) is 2. The summed E-state index contributed by atoms with van der Waals surface area (Å²) in [5.41, 5.74) is 0.144. The first-order valence-corrected chi connectivity index (χ1v) is 7.43. The minimum atomic E-state index is -0.624. The first-order chi connectivity index (χ1) is 9.51. The Hall–Kier alpha value is -1.21. The van der Waals surface area contributed by atoms with Crippen molar-refractivity contribution in [2.75, 3.05) is 25.0 Å². The van der Waals surface area contributed by atoms with Crippen LogP contribution in [-0.2, 0) is 0 Å². The smallest absolute Gasteiger partial charge is 0.295 e. The molecule has 0 spiro atoms. The molecule has 1 atom stereocenters. The Kier molecular flexibility index (Phi) is 4.93. The molecule has 1 N–H and O–H groups in total. The van der Waals surface area contributed by atoms with Crippen LogP contribution in [0.2, 0.25) is 0 Å². The third-order valence-electron chi connectivity index (χ3n) is 3.55. The van der Waals surface area contributed by atoms with Crippen LogP contribution in [0.15, 0.2) is 16.6 Å². The molecule has 1 aromatic carbocycles. The van der Waals surface area contributed by atoms with Gasteiger partial charge >= 0.3 is 0 Å². The predicted molar refractivity (Wildman–Crippen MR) is 79.5 cm³/mol. The molecule has 1 aromatic rings. The predicted octanol–water partition coefficient (Wildman–Crippen LogP) is 3.39. The van der Waals surface area contributed by atoms with Gasteiger partial charge in [-0.25, -0.2) is 4.39 Å². The first kappa shape index (κ1) is 15.2. The Labute approximate surface area is 125 Å². The summed E-state index contributed by atoms with van der Waals surface area (Å²) in [6.45, 7) is 4.97. The van der Waals surface area contributed by atoms with Gasteiger partial charge in [-0.3, -0.25) is 10.1 Å². The lowest BCUT2D eigenvalue weighted by atomic mass is 10.1. The lowest BCUT2D eigenvalue weighted by molar-refractivity contribution is -0.384. The molecule has 5 nitrogen and oxygen atoms in total. The molecule has 1 aliphatic heterocycles. The largest absolute Gasteiger partial charge is 0.375 e. The van der Waals surface area contributed by atoms with Gasteiger partial charge in [0.25, 0.3) is 5.69 Å². The number of anilines is 1. The zero-order chi connectivity index (χ0) is 14.7. The van der Waals surface area contributed by atoms with Gasteiger partial charge in [-0.05, 0) is 47.9 Å². The van der Waals surface area contributed by atoms with Crippen LogP contribution in [0.5, 0.6) is 0 Å². The molecular weight excluding hydrogens is 329 g/mol. The number of hydrogen-bond acceptors (Lipinski definition) is 4. The number of rotatable bonds is 4. The van der Waals surface area contributed by atoms with Gasteiger partial charge in [0.2, 0.25) is 0 Å². The molecule has 1 heterocycles. The van der Waals surface area contributed by atoms with Crippen LogP contribution in [0.25, 0.3) is 0 Å². The molecule has 0 aromatic heterocycles. The van der Waals surface area contributed by atoms with Crippen molar-refractivity contribution >= 4 is 27.3 Å². The van der Waals surface area contributed by atoms with E-state index in [4.69, 9.17) is 0 Å². The second-order valence-electron chi connectivity index (χ2n) is 4.92. The van der Waals surface area contributed by atoms with E-state index in [1.165, 1.54) is 6.07 Å². The molecule has 1 fully saturated rings. The number of hydrogen-bond donors (Lipinski definition) is 1. The van der Waals surface area contributed by atoms with Crippen LogP contribution in [0.4, 0.5) is 15.8 Å². The average Bonchev–Trinajstić information content (AvgIpc) is 2.42. The summed E-state index contributed by atoms with van der Waals surface area (Å²) in [7, 11) is 0. The normalized spacial score (nSPS) is 19.9. The topological polar surface area (TPSA) is 58.4 Å². The zero-order valence-corrected chi connectivity index (χ0v) is 12.8. The van der Waals surface area contributed by atoms with E-state index in [0.717, 1.165) is 38.5 Å². The SMILES string of the molecule is CCN1CCCC(Nc2cc(Br)c(F)cc2[N+](=O)[O-])C1. The highest BCUT2D eigenvalue weighted by atomic mass is 79.9. The highest BCUT2D eigenvalue weighted by molar-refractivity contribution is 9.10. The number of nitro groups is 1. The highest BCUT2D eigenvalue weighted by Gasteiger charge is 2.23. The maximum atomic E-state index is 13.4. The van der Waals surface area contributed by atoms with Crippen LogP contribution in [0, 0.1) is 15.9 Å². The van der Waals surface area contributed by atoms with E-state index in [0.29, 0.717) is 5.69 Å². The van der Waals surface area contributed by atoms with Crippen molar-refractivity contribution in [2.45, 2.75) is 25.8 Å². The van der Waals surface area contributed by atoms with E-state index >= 15 is 0 Å². The molecule has 1 saturated heterocycles. The second-order valence-corrected chi connectivity index (χ2v) is 5.77. The van der Waals surface area contributed by atoms with Gasteiger partial charge in [0.15, 0.2) is 0 Å². The molecular formula is C13H17BrFN3O2. The van der Waals surface area contributed by atoms with Crippen LogP contribution < -0.4 is 5.32 Å². The Morgan fingerprint density at radius 2 is 2.35 bits per heavy atom. The third-order valence-corrected chi connectivity index (χ3v) is 4.16. The molecule has 0 amide bonds. The van der Waals surface area contributed by atoms with Gasteiger partial charge in [-0.2, -0.15) is 0 Å². The summed E-state index contributed by atoms with van der Waals surface area (Å²) < 4.78 is 13.7.